The van der Waals surface area contributed by atoms with Gasteiger partial charge in [0.15, 0.2) is 5.82 Å². The molecule has 2 rings (SSSR count). The van der Waals surface area contributed by atoms with Crippen molar-refractivity contribution >= 4 is 5.82 Å². The Morgan fingerprint density at radius 1 is 1.31 bits per heavy atom. The van der Waals surface area contributed by atoms with Gasteiger partial charge in [-0.05, 0) is 12.5 Å². The highest BCUT2D eigenvalue weighted by Crippen LogP contribution is 2.20. The summed E-state index contributed by atoms with van der Waals surface area (Å²) in [7, 11) is 1.89. The van der Waals surface area contributed by atoms with Crippen molar-refractivity contribution in [2.45, 2.75) is 13.3 Å². The minimum absolute atomic E-state index is 0.794. The summed E-state index contributed by atoms with van der Waals surface area (Å²) in [5, 5.41) is 7.57. The largest absolute Gasteiger partial charge is 0.368 e. The molecule has 5 heteroatoms. The number of hydrogen-bond acceptors (Lipinski definition) is 4. The van der Waals surface area contributed by atoms with Gasteiger partial charge in [0.2, 0.25) is 0 Å². The molecule has 0 radical (unpaired) electrons. The van der Waals surface area contributed by atoms with E-state index < -0.39 is 0 Å². The third-order valence-electron chi connectivity index (χ3n) is 2.20. The first-order valence-electron chi connectivity index (χ1n) is 5.36. The van der Waals surface area contributed by atoms with Crippen molar-refractivity contribution in [3.8, 4) is 11.4 Å². The van der Waals surface area contributed by atoms with Gasteiger partial charge in [-0.3, -0.25) is 4.68 Å². The monoisotopic (exact) mass is 217 g/mol. The second kappa shape index (κ2) is 4.74. The van der Waals surface area contributed by atoms with E-state index in [1.165, 1.54) is 0 Å². The van der Waals surface area contributed by atoms with Crippen LogP contribution in [0.4, 0.5) is 5.82 Å². The fourth-order valence-electron chi connectivity index (χ4n) is 1.44. The van der Waals surface area contributed by atoms with Crippen LogP contribution >= 0.6 is 0 Å². The molecular formula is C11H15N5. The van der Waals surface area contributed by atoms with Crippen LogP contribution < -0.4 is 5.32 Å². The molecule has 2 aromatic heterocycles. The Labute approximate surface area is 94.5 Å². The van der Waals surface area contributed by atoms with Crippen molar-refractivity contribution in [1.29, 1.82) is 0 Å². The van der Waals surface area contributed by atoms with Gasteiger partial charge in [-0.15, -0.1) is 0 Å². The van der Waals surface area contributed by atoms with Gasteiger partial charge in [0.25, 0.3) is 0 Å². The van der Waals surface area contributed by atoms with Gasteiger partial charge in [-0.1, -0.05) is 6.92 Å². The van der Waals surface area contributed by atoms with E-state index in [9.17, 15) is 0 Å². The van der Waals surface area contributed by atoms with Crippen molar-refractivity contribution < 1.29 is 0 Å². The average Bonchev–Trinajstić information content (AvgIpc) is 2.73. The van der Waals surface area contributed by atoms with Gasteiger partial charge in [0.1, 0.15) is 11.4 Å². The molecule has 0 amide bonds. The van der Waals surface area contributed by atoms with E-state index in [-0.39, 0.29) is 0 Å². The van der Waals surface area contributed by atoms with Crippen LogP contribution in [0.15, 0.2) is 24.7 Å². The van der Waals surface area contributed by atoms with Crippen LogP contribution in [0.3, 0.4) is 0 Å². The topological polar surface area (TPSA) is 55.6 Å². The summed E-state index contributed by atoms with van der Waals surface area (Å²) >= 11 is 0. The Morgan fingerprint density at radius 2 is 2.12 bits per heavy atom. The molecule has 2 aromatic rings. The summed E-state index contributed by atoms with van der Waals surface area (Å²) < 4.78 is 1.76. The third kappa shape index (κ3) is 2.18. The first-order chi connectivity index (χ1) is 7.81. The van der Waals surface area contributed by atoms with Gasteiger partial charge >= 0.3 is 0 Å². The maximum Gasteiger partial charge on any atom is 0.154 e. The summed E-state index contributed by atoms with van der Waals surface area (Å²) in [6.07, 6.45) is 6.32. The molecule has 0 aliphatic carbocycles. The Morgan fingerprint density at radius 3 is 2.81 bits per heavy atom. The van der Waals surface area contributed by atoms with Crippen LogP contribution in [-0.2, 0) is 7.05 Å². The second-order valence-electron chi connectivity index (χ2n) is 3.55. The lowest BCUT2D eigenvalue weighted by Crippen LogP contribution is -2.04. The fourth-order valence-corrected chi connectivity index (χ4v) is 1.44. The minimum atomic E-state index is 0.794. The number of aromatic nitrogens is 4. The van der Waals surface area contributed by atoms with Crippen LogP contribution in [0.5, 0.6) is 0 Å². The Bertz CT molecular complexity index is 463. The smallest absolute Gasteiger partial charge is 0.154 e. The molecular weight excluding hydrogens is 202 g/mol. The molecule has 0 unspecified atom stereocenters. The zero-order valence-electron chi connectivity index (χ0n) is 9.51. The zero-order chi connectivity index (χ0) is 11.4. The standard InChI is InChI=1S/C11H15N5/c1-3-5-13-11-10(12-6-7-14-11)9-4-8-16(2)15-9/h4,6-8H,3,5H2,1-2H3,(H,13,14). The van der Waals surface area contributed by atoms with Crippen LogP contribution in [-0.4, -0.2) is 26.3 Å². The van der Waals surface area contributed by atoms with E-state index in [0.29, 0.717) is 0 Å². The van der Waals surface area contributed by atoms with Gasteiger partial charge < -0.3 is 5.32 Å². The number of nitrogens with zero attached hydrogens (tertiary/aromatic N) is 4. The first kappa shape index (κ1) is 10.6. The predicted octanol–water partition coefficient (Wildman–Crippen LogP) is 1.70. The number of nitrogens with one attached hydrogen (secondary N) is 1. The van der Waals surface area contributed by atoms with Crippen LogP contribution in [0.2, 0.25) is 0 Å². The SMILES string of the molecule is CCCNc1nccnc1-c1ccn(C)n1. The summed E-state index contributed by atoms with van der Waals surface area (Å²) in [5.41, 5.74) is 1.64. The molecule has 5 nitrogen and oxygen atoms in total. The highest BCUT2D eigenvalue weighted by Gasteiger charge is 2.09. The summed E-state index contributed by atoms with van der Waals surface area (Å²) in [5.74, 6) is 0.794. The molecule has 0 fully saturated rings. The molecule has 0 saturated carbocycles. The minimum Gasteiger partial charge on any atom is -0.368 e. The van der Waals surface area contributed by atoms with E-state index in [1.54, 1.807) is 17.1 Å². The van der Waals surface area contributed by atoms with E-state index >= 15 is 0 Å². The molecule has 1 N–H and O–H groups in total. The third-order valence-corrected chi connectivity index (χ3v) is 2.20. The number of hydrogen-bond donors (Lipinski definition) is 1. The Balaban J connectivity index is 2.32. The lowest BCUT2D eigenvalue weighted by atomic mass is 10.3. The van der Waals surface area contributed by atoms with Crippen molar-refractivity contribution in [3.63, 3.8) is 0 Å². The van der Waals surface area contributed by atoms with E-state index in [0.717, 1.165) is 30.2 Å². The number of aryl methyl sites for hydroxylation is 1. The van der Waals surface area contributed by atoms with Crippen molar-refractivity contribution in [2.24, 2.45) is 7.05 Å². The Hall–Kier alpha value is -1.91. The molecule has 16 heavy (non-hydrogen) atoms. The molecule has 0 aliphatic heterocycles. The summed E-state index contributed by atoms with van der Waals surface area (Å²) in [4.78, 5) is 8.59. The molecule has 0 bridgehead atoms. The summed E-state index contributed by atoms with van der Waals surface area (Å²) in [6.45, 7) is 3.00. The average molecular weight is 217 g/mol. The van der Waals surface area contributed by atoms with E-state index in [2.05, 4.69) is 27.3 Å². The summed E-state index contributed by atoms with van der Waals surface area (Å²) in [6, 6.07) is 1.93. The normalized spacial score (nSPS) is 10.4. The van der Waals surface area contributed by atoms with Crippen molar-refractivity contribution in [3.05, 3.63) is 24.7 Å². The number of anilines is 1. The second-order valence-corrected chi connectivity index (χ2v) is 3.55. The molecule has 0 atom stereocenters. The molecule has 2 heterocycles. The van der Waals surface area contributed by atoms with Crippen LogP contribution in [0.1, 0.15) is 13.3 Å². The van der Waals surface area contributed by atoms with Crippen LogP contribution in [0.25, 0.3) is 11.4 Å². The lowest BCUT2D eigenvalue weighted by molar-refractivity contribution is 0.769. The first-order valence-corrected chi connectivity index (χ1v) is 5.36. The Kier molecular flexibility index (Phi) is 3.14. The van der Waals surface area contributed by atoms with E-state index in [4.69, 9.17) is 0 Å². The lowest BCUT2D eigenvalue weighted by Gasteiger charge is -2.06. The maximum atomic E-state index is 4.32. The zero-order valence-corrected chi connectivity index (χ0v) is 9.51. The van der Waals surface area contributed by atoms with Crippen LogP contribution in [0, 0.1) is 0 Å². The van der Waals surface area contributed by atoms with Gasteiger partial charge in [-0.25, -0.2) is 9.97 Å². The van der Waals surface area contributed by atoms with Gasteiger partial charge in [0.05, 0.1) is 0 Å². The predicted molar refractivity (Wildman–Crippen MR) is 63.0 cm³/mol. The number of rotatable bonds is 4. The highest BCUT2D eigenvalue weighted by atomic mass is 15.3. The quantitative estimate of drug-likeness (QED) is 0.846. The maximum absolute atomic E-state index is 4.32. The fraction of sp³-hybridized carbons (Fsp3) is 0.364. The highest BCUT2D eigenvalue weighted by molar-refractivity contribution is 5.67. The van der Waals surface area contributed by atoms with Crippen molar-refractivity contribution in [1.82, 2.24) is 19.7 Å². The van der Waals surface area contributed by atoms with E-state index in [1.807, 2.05) is 19.3 Å². The molecule has 84 valence electrons. The van der Waals surface area contributed by atoms with Gasteiger partial charge in [-0.2, -0.15) is 5.10 Å². The molecule has 0 spiro atoms. The molecule has 0 aliphatic rings. The molecule has 0 aromatic carbocycles. The van der Waals surface area contributed by atoms with Gasteiger partial charge in [0, 0.05) is 32.2 Å². The van der Waals surface area contributed by atoms with Crippen molar-refractivity contribution in [2.75, 3.05) is 11.9 Å². The molecule has 0 saturated heterocycles.